The third kappa shape index (κ3) is 5.28. The number of hydrogen-bond acceptors (Lipinski definition) is 3. The molecule has 0 aliphatic carbocycles. The molecule has 0 saturated heterocycles. The summed E-state index contributed by atoms with van der Waals surface area (Å²) in [7, 11) is -1.95. The highest BCUT2D eigenvalue weighted by molar-refractivity contribution is 7.92. The van der Waals surface area contributed by atoms with E-state index >= 15 is 0 Å². The molecule has 0 radical (unpaired) electrons. The van der Waals surface area contributed by atoms with Gasteiger partial charge in [-0.25, -0.2) is 8.42 Å². The Morgan fingerprint density at radius 3 is 2.30 bits per heavy atom. The number of amides is 1. The normalized spacial score (nSPS) is 11.8. The van der Waals surface area contributed by atoms with E-state index in [2.05, 4.69) is 5.32 Å². The molecule has 3 aromatic rings. The summed E-state index contributed by atoms with van der Waals surface area (Å²) in [5, 5.41) is 3.39. The Morgan fingerprint density at radius 2 is 1.63 bits per heavy atom. The summed E-state index contributed by atoms with van der Waals surface area (Å²) >= 11 is 6.28. The lowest BCUT2D eigenvalue weighted by Gasteiger charge is -2.18. The Hall–Kier alpha value is -3.09. The average Bonchev–Trinajstić information content (AvgIpc) is 2.72. The van der Waals surface area contributed by atoms with Gasteiger partial charge in [0.05, 0.1) is 11.9 Å². The number of nitrogens with one attached hydrogen (secondary N) is 1. The molecule has 0 unspecified atom stereocenters. The van der Waals surface area contributed by atoms with Crippen LogP contribution in [0.5, 0.6) is 0 Å². The van der Waals surface area contributed by atoms with Crippen LogP contribution in [-0.2, 0) is 14.8 Å². The predicted molar refractivity (Wildman–Crippen MR) is 124 cm³/mol. The number of halogens is 1. The highest BCUT2D eigenvalue weighted by Crippen LogP contribution is 2.26. The highest BCUT2D eigenvalue weighted by atomic mass is 35.5. The molecule has 7 heteroatoms. The SMILES string of the molecule is CN(c1cccc(NC(=O)/C(=C/c2ccccc2Cl)c2ccccc2)c1)S(C)(=O)=O. The smallest absolute Gasteiger partial charge is 0.256 e. The van der Waals surface area contributed by atoms with E-state index in [1.807, 2.05) is 48.5 Å². The minimum atomic E-state index is -3.41. The summed E-state index contributed by atoms with van der Waals surface area (Å²) in [4.78, 5) is 13.2. The minimum absolute atomic E-state index is 0.333. The van der Waals surface area contributed by atoms with Gasteiger partial charge in [-0.1, -0.05) is 66.2 Å². The van der Waals surface area contributed by atoms with Gasteiger partial charge in [0.2, 0.25) is 10.0 Å². The fourth-order valence-electron chi connectivity index (χ4n) is 2.81. The summed E-state index contributed by atoms with van der Waals surface area (Å²) in [6, 6.07) is 23.2. The molecule has 154 valence electrons. The Morgan fingerprint density at radius 1 is 0.967 bits per heavy atom. The van der Waals surface area contributed by atoms with Crippen molar-refractivity contribution in [2.45, 2.75) is 0 Å². The van der Waals surface area contributed by atoms with E-state index in [1.165, 1.54) is 7.05 Å². The molecule has 30 heavy (non-hydrogen) atoms. The maximum atomic E-state index is 13.2. The van der Waals surface area contributed by atoms with Crippen LogP contribution in [-0.4, -0.2) is 27.6 Å². The van der Waals surface area contributed by atoms with Gasteiger partial charge in [-0.2, -0.15) is 0 Å². The predicted octanol–water partition coefficient (Wildman–Crippen LogP) is 4.92. The monoisotopic (exact) mass is 440 g/mol. The second kappa shape index (κ2) is 9.15. The van der Waals surface area contributed by atoms with Crippen LogP contribution in [0.25, 0.3) is 11.6 Å². The molecular formula is C23H21ClN2O3S. The van der Waals surface area contributed by atoms with Gasteiger partial charge in [-0.3, -0.25) is 9.10 Å². The van der Waals surface area contributed by atoms with Crippen LogP contribution in [0.3, 0.4) is 0 Å². The minimum Gasteiger partial charge on any atom is -0.322 e. The number of carbonyl (C=O) groups is 1. The van der Waals surface area contributed by atoms with Crippen molar-refractivity contribution in [2.24, 2.45) is 0 Å². The first-order valence-corrected chi connectivity index (χ1v) is 11.4. The second-order valence-corrected chi connectivity index (χ2v) is 9.10. The molecule has 0 saturated carbocycles. The van der Waals surface area contributed by atoms with Crippen LogP contribution in [0.15, 0.2) is 78.9 Å². The van der Waals surface area contributed by atoms with Crippen molar-refractivity contribution in [3.63, 3.8) is 0 Å². The van der Waals surface area contributed by atoms with E-state index in [9.17, 15) is 13.2 Å². The molecule has 0 aromatic heterocycles. The molecule has 0 aliphatic rings. The topological polar surface area (TPSA) is 66.5 Å². The zero-order valence-electron chi connectivity index (χ0n) is 16.5. The van der Waals surface area contributed by atoms with Gasteiger partial charge in [0.25, 0.3) is 5.91 Å². The van der Waals surface area contributed by atoms with Gasteiger partial charge in [0.1, 0.15) is 0 Å². The second-order valence-electron chi connectivity index (χ2n) is 6.68. The third-order valence-corrected chi connectivity index (χ3v) is 6.05. The van der Waals surface area contributed by atoms with Crippen molar-refractivity contribution in [1.29, 1.82) is 0 Å². The van der Waals surface area contributed by atoms with E-state index in [-0.39, 0.29) is 5.91 Å². The lowest BCUT2D eigenvalue weighted by atomic mass is 10.0. The van der Waals surface area contributed by atoms with Crippen LogP contribution >= 0.6 is 11.6 Å². The Bertz CT molecular complexity index is 1190. The number of rotatable bonds is 6. The van der Waals surface area contributed by atoms with E-state index in [0.29, 0.717) is 22.0 Å². The van der Waals surface area contributed by atoms with Crippen LogP contribution in [0, 0.1) is 0 Å². The van der Waals surface area contributed by atoms with Gasteiger partial charge in [0, 0.05) is 23.3 Å². The van der Waals surface area contributed by atoms with Crippen molar-refractivity contribution in [3.8, 4) is 0 Å². The molecule has 0 fully saturated rings. The third-order valence-electron chi connectivity index (χ3n) is 4.50. The first kappa shape index (κ1) is 21.6. The number of nitrogens with zero attached hydrogens (tertiary/aromatic N) is 1. The first-order chi connectivity index (χ1) is 14.3. The molecule has 1 N–H and O–H groups in total. The van der Waals surface area contributed by atoms with Crippen LogP contribution in [0.1, 0.15) is 11.1 Å². The maximum absolute atomic E-state index is 13.2. The van der Waals surface area contributed by atoms with Crippen molar-refractivity contribution in [2.75, 3.05) is 22.9 Å². The van der Waals surface area contributed by atoms with Gasteiger partial charge in [-0.05, 0) is 41.5 Å². The van der Waals surface area contributed by atoms with Gasteiger partial charge < -0.3 is 5.32 Å². The summed E-state index contributed by atoms with van der Waals surface area (Å²) < 4.78 is 24.8. The maximum Gasteiger partial charge on any atom is 0.256 e. The number of sulfonamides is 1. The standard InChI is InChI=1S/C23H21ClN2O3S/c1-26(30(2,28)29)20-13-8-12-19(16-20)25-23(27)21(17-9-4-3-5-10-17)15-18-11-6-7-14-22(18)24/h3-16H,1-2H3,(H,25,27)/b21-15+. The zero-order chi connectivity index (χ0) is 21.7. The van der Waals surface area contributed by atoms with Gasteiger partial charge in [-0.15, -0.1) is 0 Å². The average molecular weight is 441 g/mol. The van der Waals surface area contributed by atoms with Crippen molar-refractivity contribution in [3.05, 3.63) is 95.0 Å². The van der Waals surface area contributed by atoms with Crippen molar-refractivity contribution < 1.29 is 13.2 Å². The lowest BCUT2D eigenvalue weighted by molar-refractivity contribution is -0.111. The fraction of sp³-hybridized carbons (Fsp3) is 0.0870. The molecule has 5 nitrogen and oxygen atoms in total. The summed E-state index contributed by atoms with van der Waals surface area (Å²) in [6.45, 7) is 0. The van der Waals surface area contributed by atoms with E-state index in [0.717, 1.165) is 21.7 Å². The number of carbonyl (C=O) groups excluding carboxylic acids is 1. The first-order valence-electron chi connectivity index (χ1n) is 9.12. The highest BCUT2D eigenvalue weighted by Gasteiger charge is 2.16. The fourth-order valence-corrected chi connectivity index (χ4v) is 3.50. The molecule has 3 aromatic carbocycles. The summed E-state index contributed by atoms with van der Waals surface area (Å²) in [5.41, 5.74) is 2.82. The molecule has 1 amide bonds. The molecule has 0 heterocycles. The number of benzene rings is 3. The van der Waals surface area contributed by atoms with E-state index in [4.69, 9.17) is 11.6 Å². The largest absolute Gasteiger partial charge is 0.322 e. The van der Waals surface area contributed by atoms with E-state index < -0.39 is 10.0 Å². The summed E-state index contributed by atoms with van der Waals surface area (Å²) in [6.07, 6.45) is 2.86. The molecule has 0 spiro atoms. The van der Waals surface area contributed by atoms with E-state index in [1.54, 1.807) is 36.4 Å². The molecular weight excluding hydrogens is 420 g/mol. The molecule has 0 atom stereocenters. The van der Waals surface area contributed by atoms with Gasteiger partial charge in [0.15, 0.2) is 0 Å². The Labute approximate surface area is 181 Å². The summed E-state index contributed by atoms with van der Waals surface area (Å²) in [5.74, 6) is -0.333. The Balaban J connectivity index is 1.96. The van der Waals surface area contributed by atoms with Gasteiger partial charge >= 0.3 is 0 Å². The number of hydrogen-bond donors (Lipinski definition) is 1. The van der Waals surface area contributed by atoms with Crippen molar-refractivity contribution in [1.82, 2.24) is 0 Å². The Kier molecular flexibility index (Phi) is 6.59. The molecule has 3 rings (SSSR count). The molecule has 0 bridgehead atoms. The molecule has 0 aliphatic heterocycles. The quantitative estimate of drug-likeness (QED) is 0.437. The van der Waals surface area contributed by atoms with Crippen LogP contribution in [0.4, 0.5) is 11.4 Å². The van der Waals surface area contributed by atoms with Crippen LogP contribution < -0.4 is 9.62 Å². The number of anilines is 2. The van der Waals surface area contributed by atoms with Crippen molar-refractivity contribution >= 4 is 50.6 Å². The zero-order valence-corrected chi connectivity index (χ0v) is 18.1. The lowest BCUT2D eigenvalue weighted by Crippen LogP contribution is -2.25. The van der Waals surface area contributed by atoms with Crippen LogP contribution in [0.2, 0.25) is 5.02 Å².